The van der Waals surface area contributed by atoms with E-state index in [-0.39, 0.29) is 11.3 Å². The molecule has 1 amide bonds. The van der Waals surface area contributed by atoms with Crippen LogP contribution >= 0.6 is 11.3 Å². The number of rotatable bonds is 7. The highest BCUT2D eigenvalue weighted by molar-refractivity contribution is 7.07. The molecule has 0 aliphatic heterocycles. The fraction of sp³-hybridized carbons (Fsp3) is 0.238. The van der Waals surface area contributed by atoms with Crippen molar-refractivity contribution in [1.82, 2.24) is 10.3 Å². The lowest BCUT2D eigenvalue weighted by Crippen LogP contribution is -2.32. The predicted octanol–water partition coefficient (Wildman–Crippen LogP) is 4.18. The van der Waals surface area contributed by atoms with Crippen LogP contribution in [0.1, 0.15) is 34.5 Å². The fourth-order valence-electron chi connectivity index (χ4n) is 3.03. The van der Waals surface area contributed by atoms with Crippen molar-refractivity contribution in [3.8, 4) is 5.75 Å². The maximum Gasteiger partial charge on any atom is 0.251 e. The standard InChI is InChI=1S/C21H20N2O2S/c24-20(22-14-21(10-11-21)17-4-2-1-3-5-17)16-6-8-19(9-7-16)25-12-18-13-26-15-23-18/h1-9,13,15H,10-12,14H2,(H,22,24). The van der Waals surface area contributed by atoms with E-state index in [4.69, 9.17) is 4.74 Å². The number of thiazole rings is 1. The first-order valence-corrected chi connectivity index (χ1v) is 9.63. The van der Waals surface area contributed by atoms with Crippen LogP contribution in [0.2, 0.25) is 0 Å². The molecule has 0 saturated heterocycles. The molecule has 1 heterocycles. The Bertz CT molecular complexity index is 857. The Hall–Kier alpha value is -2.66. The quantitative estimate of drug-likeness (QED) is 0.684. The molecular formula is C21H20N2O2S. The molecule has 4 rings (SSSR count). The van der Waals surface area contributed by atoms with Crippen molar-refractivity contribution in [3.63, 3.8) is 0 Å². The third kappa shape index (κ3) is 3.78. The van der Waals surface area contributed by atoms with Crippen LogP contribution in [0.25, 0.3) is 0 Å². The Kier molecular flexibility index (Phi) is 4.71. The molecule has 1 aromatic heterocycles. The molecule has 1 aliphatic rings. The van der Waals surface area contributed by atoms with Crippen LogP contribution in [0.3, 0.4) is 0 Å². The summed E-state index contributed by atoms with van der Waals surface area (Å²) in [6.45, 7) is 1.12. The van der Waals surface area contributed by atoms with Crippen molar-refractivity contribution in [2.45, 2.75) is 24.9 Å². The first-order chi connectivity index (χ1) is 12.8. The number of nitrogens with zero attached hydrogens (tertiary/aromatic N) is 1. The molecule has 0 atom stereocenters. The maximum atomic E-state index is 12.4. The first-order valence-electron chi connectivity index (χ1n) is 8.69. The molecule has 5 heteroatoms. The highest BCUT2D eigenvalue weighted by Crippen LogP contribution is 2.47. The number of amides is 1. The molecule has 26 heavy (non-hydrogen) atoms. The average molecular weight is 364 g/mol. The van der Waals surface area contributed by atoms with Crippen molar-refractivity contribution >= 4 is 17.2 Å². The van der Waals surface area contributed by atoms with Crippen LogP contribution in [0.4, 0.5) is 0 Å². The van der Waals surface area contributed by atoms with Gasteiger partial charge in [-0.3, -0.25) is 4.79 Å². The smallest absolute Gasteiger partial charge is 0.251 e. The van der Waals surface area contributed by atoms with E-state index in [1.165, 1.54) is 5.56 Å². The molecule has 0 spiro atoms. The zero-order valence-electron chi connectivity index (χ0n) is 14.4. The molecule has 132 valence electrons. The minimum Gasteiger partial charge on any atom is -0.487 e. The van der Waals surface area contributed by atoms with Gasteiger partial charge in [0.1, 0.15) is 12.4 Å². The van der Waals surface area contributed by atoms with E-state index < -0.39 is 0 Å². The van der Waals surface area contributed by atoms with Gasteiger partial charge in [0.15, 0.2) is 0 Å². The lowest BCUT2D eigenvalue weighted by Gasteiger charge is -2.16. The number of carbonyl (C=O) groups excluding carboxylic acids is 1. The van der Waals surface area contributed by atoms with Crippen LogP contribution in [0.15, 0.2) is 65.5 Å². The monoisotopic (exact) mass is 364 g/mol. The third-order valence-electron chi connectivity index (χ3n) is 4.81. The average Bonchev–Trinajstić information content (AvgIpc) is 3.31. The molecule has 0 radical (unpaired) electrons. The fourth-order valence-corrected chi connectivity index (χ4v) is 3.57. The zero-order chi connectivity index (χ0) is 17.8. The highest BCUT2D eigenvalue weighted by Gasteiger charge is 2.44. The number of carbonyl (C=O) groups is 1. The largest absolute Gasteiger partial charge is 0.487 e. The molecule has 1 saturated carbocycles. The van der Waals surface area contributed by atoms with Crippen molar-refractivity contribution in [1.29, 1.82) is 0 Å². The van der Waals surface area contributed by atoms with Gasteiger partial charge in [0.05, 0.1) is 11.2 Å². The summed E-state index contributed by atoms with van der Waals surface area (Å²) in [4.78, 5) is 16.6. The highest BCUT2D eigenvalue weighted by atomic mass is 32.1. The minimum absolute atomic E-state index is 0.0433. The van der Waals surface area contributed by atoms with E-state index >= 15 is 0 Å². The molecule has 3 aromatic rings. The molecular weight excluding hydrogens is 344 g/mol. The normalized spacial score (nSPS) is 14.6. The third-order valence-corrected chi connectivity index (χ3v) is 5.45. The summed E-state index contributed by atoms with van der Waals surface area (Å²) in [5.41, 5.74) is 4.77. The molecule has 1 aliphatic carbocycles. The summed E-state index contributed by atoms with van der Waals surface area (Å²) in [5.74, 6) is 0.691. The molecule has 0 bridgehead atoms. The van der Waals surface area contributed by atoms with Gasteiger partial charge in [0.2, 0.25) is 0 Å². The Morgan fingerprint density at radius 1 is 1.12 bits per heavy atom. The van der Waals surface area contributed by atoms with Gasteiger partial charge >= 0.3 is 0 Å². The van der Waals surface area contributed by atoms with Gasteiger partial charge in [-0.05, 0) is 42.7 Å². The van der Waals surface area contributed by atoms with Crippen LogP contribution < -0.4 is 10.1 Å². The molecule has 2 aromatic carbocycles. The van der Waals surface area contributed by atoms with E-state index in [0.29, 0.717) is 18.7 Å². The summed E-state index contributed by atoms with van der Waals surface area (Å²) < 4.78 is 5.68. The number of benzene rings is 2. The van der Waals surface area contributed by atoms with Crippen molar-refractivity contribution in [2.24, 2.45) is 0 Å². The van der Waals surface area contributed by atoms with E-state index in [2.05, 4.69) is 34.6 Å². The Balaban J connectivity index is 1.32. The summed E-state index contributed by atoms with van der Waals surface area (Å²) in [6.07, 6.45) is 2.25. The van der Waals surface area contributed by atoms with Gasteiger partial charge in [-0.1, -0.05) is 30.3 Å². The Morgan fingerprint density at radius 3 is 2.54 bits per heavy atom. The first kappa shape index (κ1) is 16.8. The summed E-state index contributed by atoms with van der Waals surface area (Å²) in [7, 11) is 0. The van der Waals surface area contributed by atoms with Gasteiger partial charge in [-0.15, -0.1) is 11.3 Å². The van der Waals surface area contributed by atoms with Gasteiger partial charge in [-0.2, -0.15) is 0 Å². The van der Waals surface area contributed by atoms with Gasteiger partial charge in [0.25, 0.3) is 5.91 Å². The second-order valence-electron chi connectivity index (χ2n) is 6.62. The number of ether oxygens (including phenoxy) is 1. The topological polar surface area (TPSA) is 51.2 Å². The van der Waals surface area contributed by atoms with E-state index in [1.807, 2.05) is 23.6 Å². The number of hydrogen-bond acceptors (Lipinski definition) is 4. The summed E-state index contributed by atoms with van der Waals surface area (Å²) in [6, 6.07) is 17.7. The lowest BCUT2D eigenvalue weighted by atomic mass is 9.96. The number of hydrogen-bond donors (Lipinski definition) is 1. The van der Waals surface area contributed by atoms with Crippen LogP contribution in [0.5, 0.6) is 5.75 Å². The molecule has 1 N–H and O–H groups in total. The lowest BCUT2D eigenvalue weighted by molar-refractivity contribution is 0.0949. The van der Waals surface area contributed by atoms with Crippen molar-refractivity contribution in [3.05, 3.63) is 82.3 Å². The van der Waals surface area contributed by atoms with Crippen LogP contribution in [-0.4, -0.2) is 17.4 Å². The second kappa shape index (κ2) is 7.30. The summed E-state index contributed by atoms with van der Waals surface area (Å²) >= 11 is 1.55. The predicted molar refractivity (Wildman–Crippen MR) is 103 cm³/mol. The van der Waals surface area contributed by atoms with E-state index in [1.54, 1.807) is 29.0 Å². The Morgan fingerprint density at radius 2 is 1.88 bits per heavy atom. The van der Waals surface area contributed by atoms with Crippen molar-refractivity contribution in [2.75, 3.05) is 6.54 Å². The summed E-state index contributed by atoms with van der Waals surface area (Å²) in [5, 5.41) is 5.05. The van der Waals surface area contributed by atoms with E-state index in [0.717, 1.165) is 24.3 Å². The van der Waals surface area contributed by atoms with Gasteiger partial charge < -0.3 is 10.1 Å². The molecule has 0 unspecified atom stereocenters. The molecule has 4 nitrogen and oxygen atoms in total. The molecule has 1 fully saturated rings. The van der Waals surface area contributed by atoms with Gasteiger partial charge in [-0.25, -0.2) is 4.98 Å². The van der Waals surface area contributed by atoms with Crippen LogP contribution in [0, 0.1) is 0 Å². The van der Waals surface area contributed by atoms with Crippen LogP contribution in [-0.2, 0) is 12.0 Å². The number of aromatic nitrogens is 1. The number of nitrogens with one attached hydrogen (secondary N) is 1. The Labute approximate surface area is 156 Å². The zero-order valence-corrected chi connectivity index (χ0v) is 15.2. The van der Waals surface area contributed by atoms with E-state index in [9.17, 15) is 4.79 Å². The van der Waals surface area contributed by atoms with Gasteiger partial charge in [0, 0.05) is 22.9 Å². The minimum atomic E-state index is -0.0433. The SMILES string of the molecule is O=C(NCC1(c2ccccc2)CC1)c1ccc(OCc2cscn2)cc1. The van der Waals surface area contributed by atoms with Crippen molar-refractivity contribution < 1.29 is 9.53 Å². The maximum absolute atomic E-state index is 12.4. The second-order valence-corrected chi connectivity index (χ2v) is 7.34.